The highest BCUT2D eigenvalue weighted by Gasteiger charge is 2.12. The lowest BCUT2D eigenvalue weighted by atomic mass is 10.1. The standard InChI is InChI=1S/C14H17F2N3/c1-3-19-12(6-7-18-19)9-17-10(2)13-5-4-11(15)8-14(13)16/h4-8,10,17H,3,9H2,1-2H3. The fourth-order valence-corrected chi connectivity index (χ4v) is 2.02. The van der Waals surface area contributed by atoms with Gasteiger partial charge in [0.15, 0.2) is 0 Å². The predicted octanol–water partition coefficient (Wildman–Crippen LogP) is 3.03. The van der Waals surface area contributed by atoms with Gasteiger partial charge in [0.05, 0.1) is 5.69 Å². The second-order valence-electron chi connectivity index (χ2n) is 4.41. The summed E-state index contributed by atoms with van der Waals surface area (Å²) in [6, 6.07) is 5.38. The quantitative estimate of drug-likeness (QED) is 0.900. The summed E-state index contributed by atoms with van der Waals surface area (Å²) in [7, 11) is 0. The Hall–Kier alpha value is -1.75. The first-order chi connectivity index (χ1) is 9.11. The van der Waals surface area contributed by atoms with Gasteiger partial charge in [-0.05, 0) is 26.0 Å². The van der Waals surface area contributed by atoms with Crippen molar-refractivity contribution in [2.75, 3.05) is 0 Å². The maximum atomic E-state index is 13.6. The van der Waals surface area contributed by atoms with E-state index < -0.39 is 11.6 Å². The molecule has 1 aromatic heterocycles. The Labute approximate surface area is 111 Å². The minimum atomic E-state index is -0.558. The molecule has 0 bridgehead atoms. The lowest BCUT2D eigenvalue weighted by molar-refractivity contribution is 0.501. The monoisotopic (exact) mass is 265 g/mol. The van der Waals surface area contributed by atoms with Crippen LogP contribution in [-0.4, -0.2) is 9.78 Å². The number of nitrogens with zero attached hydrogens (tertiary/aromatic N) is 2. The Bertz CT molecular complexity index is 551. The normalized spacial score (nSPS) is 12.6. The van der Waals surface area contributed by atoms with Crippen LogP contribution >= 0.6 is 0 Å². The first-order valence-electron chi connectivity index (χ1n) is 6.30. The van der Waals surface area contributed by atoms with Crippen molar-refractivity contribution < 1.29 is 8.78 Å². The number of nitrogens with one attached hydrogen (secondary N) is 1. The van der Waals surface area contributed by atoms with Gasteiger partial charge in [0.1, 0.15) is 11.6 Å². The van der Waals surface area contributed by atoms with Gasteiger partial charge >= 0.3 is 0 Å². The maximum absolute atomic E-state index is 13.6. The van der Waals surface area contributed by atoms with Gasteiger partial charge in [-0.3, -0.25) is 4.68 Å². The molecule has 3 nitrogen and oxygen atoms in total. The molecule has 102 valence electrons. The molecule has 19 heavy (non-hydrogen) atoms. The third-order valence-corrected chi connectivity index (χ3v) is 3.12. The van der Waals surface area contributed by atoms with Gasteiger partial charge in [0.2, 0.25) is 0 Å². The van der Waals surface area contributed by atoms with E-state index in [1.165, 1.54) is 12.1 Å². The lowest BCUT2D eigenvalue weighted by Crippen LogP contribution is -2.21. The summed E-state index contributed by atoms with van der Waals surface area (Å²) < 4.78 is 28.3. The molecular weight excluding hydrogens is 248 g/mol. The fourth-order valence-electron chi connectivity index (χ4n) is 2.02. The van der Waals surface area contributed by atoms with E-state index in [9.17, 15) is 8.78 Å². The molecule has 0 saturated carbocycles. The van der Waals surface area contributed by atoms with E-state index in [-0.39, 0.29) is 6.04 Å². The summed E-state index contributed by atoms with van der Waals surface area (Å²) >= 11 is 0. The molecule has 0 fully saturated rings. The Balaban J connectivity index is 2.03. The predicted molar refractivity (Wildman–Crippen MR) is 69.5 cm³/mol. The minimum absolute atomic E-state index is 0.194. The Kier molecular flexibility index (Phi) is 4.27. The number of hydrogen-bond donors (Lipinski definition) is 1. The van der Waals surface area contributed by atoms with Crippen LogP contribution in [0, 0.1) is 11.6 Å². The molecule has 0 aliphatic carbocycles. The average Bonchev–Trinajstić information content (AvgIpc) is 2.83. The lowest BCUT2D eigenvalue weighted by Gasteiger charge is -2.15. The minimum Gasteiger partial charge on any atom is -0.304 e. The van der Waals surface area contributed by atoms with Gasteiger partial charge in [-0.15, -0.1) is 0 Å². The van der Waals surface area contributed by atoms with E-state index in [2.05, 4.69) is 10.4 Å². The van der Waals surface area contributed by atoms with Crippen LogP contribution in [0.1, 0.15) is 31.1 Å². The summed E-state index contributed by atoms with van der Waals surface area (Å²) in [5, 5.41) is 7.38. The summed E-state index contributed by atoms with van der Waals surface area (Å²) in [5.74, 6) is -1.08. The van der Waals surface area contributed by atoms with Crippen LogP contribution in [0.2, 0.25) is 0 Å². The second-order valence-corrected chi connectivity index (χ2v) is 4.41. The second kappa shape index (κ2) is 5.93. The topological polar surface area (TPSA) is 29.9 Å². The molecule has 0 amide bonds. The van der Waals surface area contributed by atoms with Crippen LogP contribution in [0.15, 0.2) is 30.5 Å². The largest absolute Gasteiger partial charge is 0.304 e. The number of rotatable bonds is 5. The van der Waals surface area contributed by atoms with Crippen LogP contribution < -0.4 is 5.32 Å². The van der Waals surface area contributed by atoms with Crippen molar-refractivity contribution in [3.8, 4) is 0 Å². The summed E-state index contributed by atoms with van der Waals surface area (Å²) in [6.07, 6.45) is 1.74. The molecule has 0 aliphatic heterocycles. The van der Waals surface area contributed by atoms with Gasteiger partial charge in [-0.25, -0.2) is 8.78 Å². The van der Waals surface area contributed by atoms with Gasteiger partial charge in [-0.1, -0.05) is 6.07 Å². The van der Waals surface area contributed by atoms with Crippen molar-refractivity contribution >= 4 is 0 Å². The molecule has 0 radical (unpaired) electrons. The fraction of sp³-hybridized carbons (Fsp3) is 0.357. The Morgan fingerprint density at radius 1 is 1.32 bits per heavy atom. The van der Waals surface area contributed by atoms with Crippen LogP contribution in [0.5, 0.6) is 0 Å². The average molecular weight is 265 g/mol. The van der Waals surface area contributed by atoms with E-state index in [0.717, 1.165) is 18.3 Å². The molecule has 0 aliphatic rings. The van der Waals surface area contributed by atoms with E-state index in [1.807, 2.05) is 24.6 Å². The van der Waals surface area contributed by atoms with Gasteiger partial charge in [0.25, 0.3) is 0 Å². The molecule has 2 aromatic rings. The molecule has 1 heterocycles. The van der Waals surface area contributed by atoms with E-state index in [4.69, 9.17) is 0 Å². The molecule has 1 atom stereocenters. The smallest absolute Gasteiger partial charge is 0.130 e. The molecule has 1 N–H and O–H groups in total. The van der Waals surface area contributed by atoms with Crippen molar-refractivity contribution in [3.05, 3.63) is 53.4 Å². The number of aryl methyl sites for hydroxylation is 1. The van der Waals surface area contributed by atoms with Crippen LogP contribution in [-0.2, 0) is 13.1 Å². The molecule has 0 spiro atoms. The number of hydrogen-bond acceptors (Lipinski definition) is 2. The van der Waals surface area contributed by atoms with Crippen molar-refractivity contribution in [2.24, 2.45) is 0 Å². The number of halogens is 2. The van der Waals surface area contributed by atoms with Crippen molar-refractivity contribution in [3.63, 3.8) is 0 Å². The van der Waals surface area contributed by atoms with Crippen LogP contribution in [0.4, 0.5) is 8.78 Å². The van der Waals surface area contributed by atoms with Gasteiger partial charge < -0.3 is 5.32 Å². The molecule has 0 saturated heterocycles. The van der Waals surface area contributed by atoms with E-state index in [0.29, 0.717) is 12.1 Å². The third-order valence-electron chi connectivity index (χ3n) is 3.12. The zero-order valence-electron chi connectivity index (χ0n) is 11.0. The maximum Gasteiger partial charge on any atom is 0.130 e. The highest BCUT2D eigenvalue weighted by molar-refractivity contribution is 5.21. The summed E-state index contributed by atoms with van der Waals surface area (Å²) in [5.41, 5.74) is 1.50. The zero-order valence-corrected chi connectivity index (χ0v) is 11.0. The third kappa shape index (κ3) is 3.17. The first-order valence-corrected chi connectivity index (χ1v) is 6.30. The molecule has 5 heteroatoms. The van der Waals surface area contributed by atoms with Crippen molar-refractivity contribution in [2.45, 2.75) is 33.0 Å². The van der Waals surface area contributed by atoms with Gasteiger partial charge in [0, 0.05) is 37.0 Å². The molecular formula is C14H17F2N3. The molecule has 1 aromatic carbocycles. The van der Waals surface area contributed by atoms with E-state index in [1.54, 1.807) is 6.20 Å². The molecule has 1 unspecified atom stereocenters. The van der Waals surface area contributed by atoms with Gasteiger partial charge in [-0.2, -0.15) is 5.10 Å². The highest BCUT2D eigenvalue weighted by atomic mass is 19.1. The van der Waals surface area contributed by atoms with Crippen molar-refractivity contribution in [1.82, 2.24) is 15.1 Å². The molecule has 2 rings (SSSR count). The summed E-state index contributed by atoms with van der Waals surface area (Å²) in [4.78, 5) is 0. The van der Waals surface area contributed by atoms with Crippen molar-refractivity contribution in [1.29, 1.82) is 0 Å². The van der Waals surface area contributed by atoms with Crippen LogP contribution in [0.3, 0.4) is 0 Å². The van der Waals surface area contributed by atoms with Crippen LogP contribution in [0.25, 0.3) is 0 Å². The SMILES string of the molecule is CCn1nccc1CNC(C)c1ccc(F)cc1F. The summed E-state index contributed by atoms with van der Waals surface area (Å²) in [6.45, 7) is 5.25. The number of benzene rings is 1. The number of aromatic nitrogens is 2. The highest BCUT2D eigenvalue weighted by Crippen LogP contribution is 2.18. The van der Waals surface area contributed by atoms with E-state index >= 15 is 0 Å². The zero-order chi connectivity index (χ0) is 13.8. The Morgan fingerprint density at radius 2 is 2.11 bits per heavy atom. The Morgan fingerprint density at radius 3 is 2.79 bits per heavy atom. The first kappa shape index (κ1) is 13.7.